The molecule has 1 unspecified atom stereocenters. The Labute approximate surface area is 104 Å². The first-order chi connectivity index (χ1) is 7.72. The monoisotopic (exact) mass is 239 g/mol. The summed E-state index contributed by atoms with van der Waals surface area (Å²) in [6, 6.07) is 8.29. The summed E-state index contributed by atoms with van der Waals surface area (Å²) in [6.07, 6.45) is 2.46. The van der Waals surface area contributed by atoms with E-state index in [-0.39, 0.29) is 0 Å². The fourth-order valence-electron chi connectivity index (χ4n) is 2.34. The maximum absolute atomic E-state index is 5.93. The predicted octanol–water partition coefficient (Wildman–Crippen LogP) is 4.08. The number of hydrogen-bond acceptors (Lipinski definition) is 1. The van der Waals surface area contributed by atoms with Gasteiger partial charge in [-0.2, -0.15) is 0 Å². The van der Waals surface area contributed by atoms with Gasteiger partial charge in [-0.3, -0.25) is 0 Å². The maximum atomic E-state index is 5.93. The second-order valence-corrected chi connectivity index (χ2v) is 4.73. The van der Waals surface area contributed by atoms with E-state index >= 15 is 0 Å². The first-order valence-corrected chi connectivity index (χ1v) is 6.50. The van der Waals surface area contributed by atoms with E-state index in [1.807, 2.05) is 19.2 Å². The topological polar surface area (TPSA) is 12.0 Å². The molecule has 0 heterocycles. The van der Waals surface area contributed by atoms with Crippen molar-refractivity contribution < 1.29 is 0 Å². The fraction of sp³-hybridized carbons (Fsp3) is 0.571. The van der Waals surface area contributed by atoms with Gasteiger partial charge < -0.3 is 5.32 Å². The first kappa shape index (κ1) is 13.5. The van der Waals surface area contributed by atoms with Crippen LogP contribution in [0.1, 0.15) is 38.2 Å². The van der Waals surface area contributed by atoms with Crippen LogP contribution in [-0.4, -0.2) is 13.6 Å². The molecule has 1 nitrogen and oxygen atoms in total. The van der Waals surface area contributed by atoms with Crippen LogP contribution in [0.4, 0.5) is 0 Å². The molecule has 0 radical (unpaired) electrons. The molecule has 0 aromatic heterocycles. The standard InChI is InChI=1S/C14H22ClN/c1-4-11(5-2)14(10-16-3)12-6-8-13(15)9-7-12/h6-9,11,14,16H,4-5,10H2,1-3H3. The van der Waals surface area contributed by atoms with Crippen molar-refractivity contribution in [3.8, 4) is 0 Å². The molecule has 1 atom stereocenters. The molecule has 90 valence electrons. The summed E-state index contributed by atoms with van der Waals surface area (Å²) in [5, 5.41) is 4.11. The Hall–Kier alpha value is -0.530. The fourth-order valence-corrected chi connectivity index (χ4v) is 2.47. The normalized spacial score (nSPS) is 13.1. The third kappa shape index (κ3) is 3.50. The zero-order chi connectivity index (χ0) is 12.0. The average molecular weight is 240 g/mol. The van der Waals surface area contributed by atoms with Crippen LogP contribution in [0.2, 0.25) is 5.02 Å². The molecule has 1 aromatic carbocycles. The Balaban J connectivity index is 2.87. The lowest BCUT2D eigenvalue weighted by Crippen LogP contribution is -2.23. The van der Waals surface area contributed by atoms with E-state index in [0.717, 1.165) is 17.5 Å². The van der Waals surface area contributed by atoms with Crippen molar-refractivity contribution in [1.29, 1.82) is 0 Å². The summed E-state index contributed by atoms with van der Waals surface area (Å²) in [5.74, 6) is 1.34. The van der Waals surface area contributed by atoms with Crippen molar-refractivity contribution in [2.75, 3.05) is 13.6 Å². The maximum Gasteiger partial charge on any atom is 0.0406 e. The van der Waals surface area contributed by atoms with E-state index in [2.05, 4.69) is 31.3 Å². The van der Waals surface area contributed by atoms with Crippen molar-refractivity contribution >= 4 is 11.6 Å². The minimum atomic E-state index is 0.595. The molecule has 0 saturated carbocycles. The first-order valence-electron chi connectivity index (χ1n) is 6.12. The van der Waals surface area contributed by atoms with Gasteiger partial charge >= 0.3 is 0 Å². The summed E-state index contributed by atoms with van der Waals surface area (Å²) in [7, 11) is 2.02. The van der Waals surface area contributed by atoms with E-state index < -0.39 is 0 Å². The molecule has 0 aliphatic carbocycles. The number of halogens is 1. The molecule has 2 heteroatoms. The van der Waals surface area contributed by atoms with Crippen LogP contribution in [0.25, 0.3) is 0 Å². The lowest BCUT2D eigenvalue weighted by molar-refractivity contribution is 0.387. The van der Waals surface area contributed by atoms with Gasteiger partial charge in [-0.05, 0) is 36.6 Å². The third-order valence-electron chi connectivity index (χ3n) is 3.34. The van der Waals surface area contributed by atoms with Crippen LogP contribution >= 0.6 is 11.6 Å². The van der Waals surface area contributed by atoms with Crippen molar-refractivity contribution in [1.82, 2.24) is 5.32 Å². The Morgan fingerprint density at radius 3 is 2.12 bits per heavy atom. The summed E-state index contributed by atoms with van der Waals surface area (Å²) < 4.78 is 0. The molecule has 0 spiro atoms. The van der Waals surface area contributed by atoms with E-state index in [0.29, 0.717) is 5.92 Å². The smallest absolute Gasteiger partial charge is 0.0406 e. The number of hydrogen-bond donors (Lipinski definition) is 1. The largest absolute Gasteiger partial charge is 0.319 e. The molecule has 0 saturated heterocycles. The summed E-state index contributed by atoms with van der Waals surface area (Å²) in [4.78, 5) is 0. The Morgan fingerprint density at radius 2 is 1.69 bits per heavy atom. The number of likely N-dealkylation sites (N-methyl/N-ethyl adjacent to an activating group) is 1. The highest BCUT2D eigenvalue weighted by atomic mass is 35.5. The number of benzene rings is 1. The minimum Gasteiger partial charge on any atom is -0.319 e. The molecule has 1 aromatic rings. The van der Waals surface area contributed by atoms with Gasteiger partial charge in [0, 0.05) is 11.6 Å². The highest BCUT2D eigenvalue weighted by molar-refractivity contribution is 6.30. The van der Waals surface area contributed by atoms with Crippen molar-refractivity contribution in [2.24, 2.45) is 5.92 Å². The molecule has 0 aliphatic rings. The summed E-state index contributed by atoms with van der Waals surface area (Å²) in [5.41, 5.74) is 1.40. The predicted molar refractivity (Wildman–Crippen MR) is 72.2 cm³/mol. The average Bonchev–Trinajstić information content (AvgIpc) is 2.31. The Morgan fingerprint density at radius 1 is 1.12 bits per heavy atom. The van der Waals surface area contributed by atoms with Crippen LogP contribution in [0.15, 0.2) is 24.3 Å². The molecule has 1 N–H and O–H groups in total. The molecule has 1 rings (SSSR count). The van der Waals surface area contributed by atoms with Crippen molar-refractivity contribution in [3.05, 3.63) is 34.9 Å². The Kier molecular flexibility index (Phi) is 5.86. The summed E-state index contributed by atoms with van der Waals surface area (Å²) >= 11 is 5.93. The van der Waals surface area contributed by atoms with Crippen LogP contribution in [-0.2, 0) is 0 Å². The van der Waals surface area contributed by atoms with Gasteiger partial charge in [0.15, 0.2) is 0 Å². The molecular weight excluding hydrogens is 218 g/mol. The van der Waals surface area contributed by atoms with Gasteiger partial charge in [0.25, 0.3) is 0 Å². The van der Waals surface area contributed by atoms with E-state index in [9.17, 15) is 0 Å². The van der Waals surface area contributed by atoms with Gasteiger partial charge in [-0.15, -0.1) is 0 Å². The van der Waals surface area contributed by atoms with Crippen LogP contribution in [0, 0.1) is 5.92 Å². The molecule has 0 fully saturated rings. The lowest BCUT2D eigenvalue weighted by Gasteiger charge is -2.25. The second kappa shape index (κ2) is 6.93. The van der Waals surface area contributed by atoms with Gasteiger partial charge in [0.1, 0.15) is 0 Å². The van der Waals surface area contributed by atoms with Crippen molar-refractivity contribution in [3.63, 3.8) is 0 Å². The van der Waals surface area contributed by atoms with E-state index in [1.165, 1.54) is 18.4 Å². The molecule has 0 amide bonds. The van der Waals surface area contributed by atoms with Crippen LogP contribution in [0.3, 0.4) is 0 Å². The molecule has 0 bridgehead atoms. The van der Waals surface area contributed by atoms with Gasteiger partial charge in [-0.25, -0.2) is 0 Å². The lowest BCUT2D eigenvalue weighted by atomic mass is 9.82. The highest BCUT2D eigenvalue weighted by Gasteiger charge is 2.19. The zero-order valence-electron chi connectivity index (χ0n) is 10.5. The van der Waals surface area contributed by atoms with E-state index in [4.69, 9.17) is 11.6 Å². The highest BCUT2D eigenvalue weighted by Crippen LogP contribution is 2.29. The second-order valence-electron chi connectivity index (χ2n) is 4.29. The molecular formula is C14H22ClN. The zero-order valence-corrected chi connectivity index (χ0v) is 11.2. The quantitative estimate of drug-likeness (QED) is 0.789. The number of rotatable bonds is 6. The molecule has 16 heavy (non-hydrogen) atoms. The van der Waals surface area contributed by atoms with Crippen molar-refractivity contribution in [2.45, 2.75) is 32.6 Å². The Bertz CT molecular complexity index is 290. The van der Waals surface area contributed by atoms with Gasteiger partial charge in [0.05, 0.1) is 0 Å². The minimum absolute atomic E-state index is 0.595. The SMILES string of the molecule is CCC(CC)C(CNC)c1ccc(Cl)cc1. The van der Waals surface area contributed by atoms with Gasteiger partial charge in [-0.1, -0.05) is 50.4 Å². The van der Waals surface area contributed by atoms with Crippen LogP contribution < -0.4 is 5.32 Å². The third-order valence-corrected chi connectivity index (χ3v) is 3.59. The van der Waals surface area contributed by atoms with E-state index in [1.54, 1.807) is 0 Å². The molecule has 0 aliphatic heterocycles. The number of nitrogens with one attached hydrogen (secondary N) is 1. The van der Waals surface area contributed by atoms with Crippen LogP contribution in [0.5, 0.6) is 0 Å². The summed E-state index contributed by atoms with van der Waals surface area (Å²) in [6.45, 7) is 5.58. The van der Waals surface area contributed by atoms with Gasteiger partial charge in [0.2, 0.25) is 0 Å².